The summed E-state index contributed by atoms with van der Waals surface area (Å²) in [6.45, 7) is 3.98. The summed E-state index contributed by atoms with van der Waals surface area (Å²) in [6.07, 6.45) is 3.76. The molecule has 0 N–H and O–H groups in total. The zero-order valence-electron chi connectivity index (χ0n) is 6.43. The molecule has 2 nitrogen and oxygen atoms in total. The second kappa shape index (κ2) is 2.21. The van der Waals surface area contributed by atoms with Gasteiger partial charge in [0.1, 0.15) is 0 Å². The summed E-state index contributed by atoms with van der Waals surface area (Å²) in [7, 11) is 0. The van der Waals surface area contributed by atoms with Crippen molar-refractivity contribution in [2.75, 3.05) is 13.2 Å². The molecule has 2 unspecified atom stereocenters. The molecule has 2 bridgehead atoms. The molecule has 2 aliphatic heterocycles. The van der Waals surface area contributed by atoms with Crippen molar-refractivity contribution in [3.05, 3.63) is 0 Å². The van der Waals surface area contributed by atoms with E-state index in [1.807, 2.05) is 0 Å². The summed E-state index contributed by atoms with van der Waals surface area (Å²) in [5, 5.41) is 0. The Morgan fingerprint density at radius 3 is 3.00 bits per heavy atom. The number of hydrogen-bond acceptors (Lipinski definition) is 2. The normalized spacial score (nSPS) is 47.1. The van der Waals surface area contributed by atoms with Crippen LogP contribution < -0.4 is 0 Å². The maximum atomic E-state index is 5.66. The highest BCUT2D eigenvalue weighted by Crippen LogP contribution is 2.33. The summed E-state index contributed by atoms with van der Waals surface area (Å²) in [5.74, 6) is 0. The van der Waals surface area contributed by atoms with Crippen molar-refractivity contribution in [2.24, 2.45) is 0 Å². The van der Waals surface area contributed by atoms with Gasteiger partial charge in [0.2, 0.25) is 0 Å². The number of rotatable bonds is 0. The monoisotopic (exact) mass is 142 g/mol. The molecule has 0 spiro atoms. The fourth-order valence-electron chi connectivity index (χ4n) is 1.84. The van der Waals surface area contributed by atoms with Crippen LogP contribution in [0.5, 0.6) is 0 Å². The first-order valence-electron chi connectivity index (χ1n) is 4.04. The van der Waals surface area contributed by atoms with Crippen molar-refractivity contribution < 1.29 is 9.47 Å². The summed E-state index contributed by atoms with van der Waals surface area (Å²) in [6, 6.07) is 0. The van der Waals surface area contributed by atoms with Gasteiger partial charge in [-0.1, -0.05) is 0 Å². The first kappa shape index (κ1) is 6.62. The summed E-state index contributed by atoms with van der Waals surface area (Å²) < 4.78 is 11.2. The molecule has 0 radical (unpaired) electrons. The van der Waals surface area contributed by atoms with Gasteiger partial charge in [-0.3, -0.25) is 0 Å². The molecular formula is C8H14O2. The predicted molar refractivity (Wildman–Crippen MR) is 37.9 cm³/mol. The summed E-state index contributed by atoms with van der Waals surface area (Å²) in [5.41, 5.74) is 0.154. The average Bonchev–Trinajstić information content (AvgIpc) is 1.86. The standard InChI is InChI=1S/C8H14O2/c1-8-3-5-9-7(6-8)2-4-10-8/h7H,2-6H2,1H3. The molecule has 2 fully saturated rings. The fourth-order valence-corrected chi connectivity index (χ4v) is 1.84. The van der Waals surface area contributed by atoms with Crippen molar-refractivity contribution in [2.45, 2.75) is 37.9 Å². The highest BCUT2D eigenvalue weighted by atomic mass is 16.5. The second-order valence-electron chi connectivity index (χ2n) is 3.53. The van der Waals surface area contributed by atoms with E-state index in [2.05, 4.69) is 6.92 Å². The molecule has 58 valence electrons. The van der Waals surface area contributed by atoms with Crippen LogP contribution in [0.15, 0.2) is 0 Å². The third-order valence-corrected chi connectivity index (χ3v) is 2.53. The number of fused-ring (bicyclic) bond motifs is 2. The van der Waals surface area contributed by atoms with Crippen LogP contribution in [0.25, 0.3) is 0 Å². The highest BCUT2D eigenvalue weighted by Gasteiger charge is 2.36. The molecule has 0 amide bonds. The van der Waals surface area contributed by atoms with Crippen molar-refractivity contribution in [3.8, 4) is 0 Å². The van der Waals surface area contributed by atoms with E-state index in [0.717, 1.165) is 32.5 Å². The number of ether oxygens (including phenoxy) is 2. The van der Waals surface area contributed by atoms with Gasteiger partial charge in [0, 0.05) is 19.6 Å². The molecule has 10 heavy (non-hydrogen) atoms. The van der Waals surface area contributed by atoms with E-state index in [0.29, 0.717) is 6.10 Å². The average molecular weight is 142 g/mol. The molecule has 0 aromatic rings. The van der Waals surface area contributed by atoms with Crippen molar-refractivity contribution >= 4 is 0 Å². The van der Waals surface area contributed by atoms with Gasteiger partial charge in [-0.05, 0) is 19.8 Å². The largest absolute Gasteiger partial charge is 0.378 e. The first-order valence-corrected chi connectivity index (χ1v) is 4.04. The second-order valence-corrected chi connectivity index (χ2v) is 3.53. The Labute approximate surface area is 61.5 Å². The van der Waals surface area contributed by atoms with Crippen LogP contribution >= 0.6 is 0 Å². The van der Waals surface area contributed by atoms with E-state index >= 15 is 0 Å². The Balaban J connectivity index is 2.07. The number of hydrogen-bond donors (Lipinski definition) is 0. The molecular weight excluding hydrogens is 128 g/mol. The van der Waals surface area contributed by atoms with Crippen LogP contribution in [0.4, 0.5) is 0 Å². The zero-order valence-corrected chi connectivity index (χ0v) is 6.43. The molecule has 2 heteroatoms. The Kier molecular flexibility index (Phi) is 1.46. The van der Waals surface area contributed by atoms with Crippen molar-refractivity contribution in [1.29, 1.82) is 0 Å². The van der Waals surface area contributed by atoms with E-state index in [4.69, 9.17) is 9.47 Å². The smallest absolute Gasteiger partial charge is 0.0701 e. The van der Waals surface area contributed by atoms with Gasteiger partial charge in [-0.15, -0.1) is 0 Å². The van der Waals surface area contributed by atoms with Crippen LogP contribution in [-0.4, -0.2) is 24.9 Å². The Hall–Kier alpha value is -0.0800. The predicted octanol–water partition coefficient (Wildman–Crippen LogP) is 1.34. The van der Waals surface area contributed by atoms with Gasteiger partial charge in [-0.2, -0.15) is 0 Å². The Bertz CT molecular complexity index is 123. The van der Waals surface area contributed by atoms with Crippen LogP contribution in [0.2, 0.25) is 0 Å². The molecule has 0 aromatic heterocycles. The maximum absolute atomic E-state index is 5.66. The van der Waals surface area contributed by atoms with Gasteiger partial charge in [-0.25, -0.2) is 0 Å². The quantitative estimate of drug-likeness (QED) is 0.508. The third kappa shape index (κ3) is 1.06. The lowest BCUT2D eigenvalue weighted by atomic mass is 9.89. The maximum Gasteiger partial charge on any atom is 0.0701 e. The van der Waals surface area contributed by atoms with Crippen LogP contribution in [0.3, 0.4) is 0 Å². The van der Waals surface area contributed by atoms with E-state index in [1.165, 1.54) is 0 Å². The van der Waals surface area contributed by atoms with Crippen molar-refractivity contribution in [3.63, 3.8) is 0 Å². The minimum Gasteiger partial charge on any atom is -0.378 e. The van der Waals surface area contributed by atoms with Crippen LogP contribution in [0, 0.1) is 0 Å². The lowest BCUT2D eigenvalue weighted by Gasteiger charge is -2.42. The van der Waals surface area contributed by atoms with E-state index in [-0.39, 0.29) is 5.60 Å². The first-order chi connectivity index (χ1) is 4.79. The van der Waals surface area contributed by atoms with E-state index < -0.39 is 0 Å². The molecule has 0 aliphatic carbocycles. The lowest BCUT2D eigenvalue weighted by molar-refractivity contribution is -0.171. The topological polar surface area (TPSA) is 18.5 Å². The van der Waals surface area contributed by atoms with Gasteiger partial charge >= 0.3 is 0 Å². The summed E-state index contributed by atoms with van der Waals surface area (Å²) >= 11 is 0. The SMILES string of the molecule is CC12CCOC(CCO1)C2. The van der Waals surface area contributed by atoms with Crippen molar-refractivity contribution in [1.82, 2.24) is 0 Å². The fraction of sp³-hybridized carbons (Fsp3) is 1.00. The van der Waals surface area contributed by atoms with Gasteiger partial charge in [0.05, 0.1) is 11.7 Å². The van der Waals surface area contributed by atoms with Gasteiger partial charge < -0.3 is 9.47 Å². The van der Waals surface area contributed by atoms with Crippen LogP contribution in [-0.2, 0) is 9.47 Å². The van der Waals surface area contributed by atoms with Gasteiger partial charge in [0.25, 0.3) is 0 Å². The molecule has 0 aromatic carbocycles. The lowest BCUT2D eigenvalue weighted by Crippen LogP contribution is -2.45. The minimum atomic E-state index is 0.154. The van der Waals surface area contributed by atoms with E-state index in [9.17, 15) is 0 Å². The zero-order chi connectivity index (χ0) is 7.03. The Morgan fingerprint density at radius 1 is 1.40 bits per heavy atom. The third-order valence-electron chi connectivity index (χ3n) is 2.53. The molecule has 2 heterocycles. The van der Waals surface area contributed by atoms with Gasteiger partial charge in [0.15, 0.2) is 0 Å². The molecule has 2 saturated heterocycles. The highest BCUT2D eigenvalue weighted by molar-refractivity contribution is 4.86. The molecule has 0 saturated carbocycles. The molecule has 2 aliphatic rings. The molecule has 2 rings (SSSR count). The van der Waals surface area contributed by atoms with E-state index in [1.54, 1.807) is 0 Å². The summed E-state index contributed by atoms with van der Waals surface area (Å²) in [4.78, 5) is 0. The molecule has 2 atom stereocenters. The minimum absolute atomic E-state index is 0.154. The Morgan fingerprint density at radius 2 is 2.30 bits per heavy atom. The van der Waals surface area contributed by atoms with Crippen LogP contribution in [0.1, 0.15) is 26.2 Å².